The number of rotatable bonds is 7. The van der Waals surface area contributed by atoms with E-state index in [4.69, 9.17) is 4.74 Å². The monoisotopic (exact) mass is 319 g/mol. The molecule has 2 aromatic heterocycles. The number of nitrogens with zero attached hydrogens (tertiary/aromatic N) is 5. The summed E-state index contributed by atoms with van der Waals surface area (Å²) in [6, 6.07) is -0.299. The van der Waals surface area contributed by atoms with Gasteiger partial charge < -0.3 is 14.2 Å². The molecule has 0 unspecified atom stereocenters. The van der Waals surface area contributed by atoms with Gasteiger partial charge in [-0.15, -0.1) is 0 Å². The number of aromatic nitrogens is 4. The van der Waals surface area contributed by atoms with Crippen LogP contribution in [0.15, 0.2) is 18.7 Å². The summed E-state index contributed by atoms with van der Waals surface area (Å²) >= 11 is 0. The molecule has 7 nitrogen and oxygen atoms in total. The molecule has 0 fully saturated rings. The van der Waals surface area contributed by atoms with Gasteiger partial charge in [-0.25, -0.2) is 4.98 Å². The Morgan fingerprint density at radius 1 is 1.43 bits per heavy atom. The molecule has 0 spiro atoms. The van der Waals surface area contributed by atoms with Crippen molar-refractivity contribution in [1.29, 1.82) is 0 Å². The van der Waals surface area contributed by atoms with Crippen molar-refractivity contribution in [2.24, 2.45) is 7.05 Å². The van der Waals surface area contributed by atoms with E-state index in [2.05, 4.69) is 10.1 Å². The molecule has 0 aliphatic rings. The van der Waals surface area contributed by atoms with Gasteiger partial charge in [0.15, 0.2) is 0 Å². The van der Waals surface area contributed by atoms with Gasteiger partial charge in [0.05, 0.1) is 18.6 Å². The number of hydrogen-bond donors (Lipinski definition) is 0. The Kier molecular flexibility index (Phi) is 5.54. The van der Waals surface area contributed by atoms with Crippen LogP contribution in [0.25, 0.3) is 0 Å². The van der Waals surface area contributed by atoms with Crippen molar-refractivity contribution in [3.63, 3.8) is 0 Å². The molecule has 0 aliphatic heterocycles. The standard InChI is InChI=1S/C16H25N5O2/c1-12-15(13(2)19(4)18-12)10-20(8-9-23-5)16(22)14(3)21-7-6-17-11-21/h6-7,11,14H,8-10H2,1-5H3/t14-/m1/s1. The summed E-state index contributed by atoms with van der Waals surface area (Å²) in [5, 5.41) is 4.43. The minimum atomic E-state index is -0.299. The third-order valence-corrected chi connectivity index (χ3v) is 4.21. The van der Waals surface area contributed by atoms with Crippen molar-refractivity contribution in [2.45, 2.75) is 33.4 Å². The molecule has 1 atom stereocenters. The van der Waals surface area contributed by atoms with Gasteiger partial charge in [0.25, 0.3) is 0 Å². The van der Waals surface area contributed by atoms with Gasteiger partial charge in [0, 0.05) is 50.9 Å². The lowest BCUT2D eigenvalue weighted by atomic mass is 10.1. The Hall–Kier alpha value is -2.15. The average molecular weight is 319 g/mol. The van der Waals surface area contributed by atoms with E-state index < -0.39 is 0 Å². The van der Waals surface area contributed by atoms with Crippen LogP contribution < -0.4 is 0 Å². The number of imidazole rings is 1. The lowest BCUT2D eigenvalue weighted by Gasteiger charge is -2.26. The van der Waals surface area contributed by atoms with Crippen molar-refractivity contribution in [3.8, 4) is 0 Å². The zero-order valence-corrected chi connectivity index (χ0v) is 14.5. The highest BCUT2D eigenvalue weighted by Crippen LogP contribution is 2.18. The Bertz CT molecular complexity index is 648. The van der Waals surface area contributed by atoms with E-state index in [1.165, 1.54) is 0 Å². The van der Waals surface area contributed by atoms with Gasteiger partial charge in [-0.05, 0) is 20.8 Å². The third kappa shape index (κ3) is 3.79. The quantitative estimate of drug-likeness (QED) is 0.775. The number of hydrogen-bond acceptors (Lipinski definition) is 4. The molecular weight excluding hydrogens is 294 g/mol. The van der Waals surface area contributed by atoms with E-state index in [9.17, 15) is 4.79 Å². The summed E-state index contributed by atoms with van der Waals surface area (Å²) in [7, 11) is 3.56. The van der Waals surface area contributed by atoms with Gasteiger partial charge in [-0.2, -0.15) is 5.10 Å². The first-order valence-electron chi connectivity index (χ1n) is 7.70. The molecule has 1 amide bonds. The minimum Gasteiger partial charge on any atom is -0.383 e. The van der Waals surface area contributed by atoms with Crippen molar-refractivity contribution in [3.05, 3.63) is 35.7 Å². The molecule has 0 bridgehead atoms. The second-order valence-corrected chi connectivity index (χ2v) is 5.71. The molecule has 2 heterocycles. The maximum absolute atomic E-state index is 12.9. The molecule has 0 saturated heterocycles. The summed E-state index contributed by atoms with van der Waals surface area (Å²) in [6.07, 6.45) is 5.15. The lowest BCUT2D eigenvalue weighted by molar-refractivity contribution is -0.135. The summed E-state index contributed by atoms with van der Waals surface area (Å²) in [4.78, 5) is 18.7. The van der Waals surface area contributed by atoms with Crippen LogP contribution >= 0.6 is 0 Å². The highest BCUT2D eigenvalue weighted by molar-refractivity contribution is 5.80. The predicted octanol–water partition coefficient (Wildman–Crippen LogP) is 1.47. The fourth-order valence-electron chi connectivity index (χ4n) is 2.60. The fraction of sp³-hybridized carbons (Fsp3) is 0.562. The number of carbonyl (C=O) groups is 1. The maximum atomic E-state index is 12.9. The summed E-state index contributed by atoms with van der Waals surface area (Å²) in [5.41, 5.74) is 3.12. The summed E-state index contributed by atoms with van der Waals surface area (Å²) in [6.45, 7) is 7.45. The van der Waals surface area contributed by atoms with E-state index in [0.29, 0.717) is 19.7 Å². The molecule has 126 valence electrons. The topological polar surface area (TPSA) is 65.2 Å². The highest BCUT2D eigenvalue weighted by atomic mass is 16.5. The van der Waals surface area contributed by atoms with Crippen molar-refractivity contribution in [2.75, 3.05) is 20.3 Å². The van der Waals surface area contributed by atoms with Crippen LogP contribution in [0.5, 0.6) is 0 Å². The van der Waals surface area contributed by atoms with Gasteiger partial charge in [0.1, 0.15) is 6.04 Å². The molecule has 23 heavy (non-hydrogen) atoms. The van der Waals surface area contributed by atoms with E-state index >= 15 is 0 Å². The lowest BCUT2D eigenvalue weighted by Crippen LogP contribution is -2.38. The van der Waals surface area contributed by atoms with Crippen LogP contribution in [-0.4, -0.2) is 50.4 Å². The first-order chi connectivity index (χ1) is 11.0. The Labute approximate surface area is 136 Å². The van der Waals surface area contributed by atoms with Crippen molar-refractivity contribution in [1.82, 2.24) is 24.2 Å². The fourth-order valence-corrected chi connectivity index (χ4v) is 2.60. The van der Waals surface area contributed by atoms with Crippen LogP contribution in [-0.2, 0) is 23.1 Å². The predicted molar refractivity (Wildman–Crippen MR) is 86.9 cm³/mol. The Morgan fingerprint density at radius 2 is 2.17 bits per heavy atom. The van der Waals surface area contributed by atoms with E-state index in [0.717, 1.165) is 17.0 Å². The third-order valence-electron chi connectivity index (χ3n) is 4.21. The summed E-state index contributed by atoms with van der Waals surface area (Å²) < 4.78 is 8.82. The van der Waals surface area contributed by atoms with Crippen LogP contribution in [0.1, 0.15) is 29.9 Å². The van der Waals surface area contributed by atoms with Crippen LogP contribution in [0.4, 0.5) is 0 Å². The van der Waals surface area contributed by atoms with Crippen LogP contribution in [0.2, 0.25) is 0 Å². The average Bonchev–Trinajstić information content (AvgIpc) is 3.14. The van der Waals surface area contributed by atoms with Gasteiger partial charge >= 0.3 is 0 Å². The first-order valence-corrected chi connectivity index (χ1v) is 7.70. The second kappa shape index (κ2) is 7.41. The molecule has 7 heteroatoms. The minimum absolute atomic E-state index is 0.0442. The molecule has 0 N–H and O–H groups in total. The number of carbonyl (C=O) groups excluding carboxylic acids is 1. The molecule has 2 aromatic rings. The Morgan fingerprint density at radius 3 is 2.70 bits per heavy atom. The van der Waals surface area contributed by atoms with Crippen molar-refractivity contribution < 1.29 is 9.53 Å². The first kappa shape index (κ1) is 17.2. The molecule has 0 saturated carbocycles. The van der Waals surface area contributed by atoms with Crippen molar-refractivity contribution >= 4 is 5.91 Å². The van der Waals surface area contributed by atoms with Crippen LogP contribution in [0.3, 0.4) is 0 Å². The number of amides is 1. The molecule has 0 radical (unpaired) electrons. The normalized spacial score (nSPS) is 12.4. The van der Waals surface area contributed by atoms with Gasteiger partial charge in [0.2, 0.25) is 5.91 Å². The number of methoxy groups -OCH3 is 1. The van der Waals surface area contributed by atoms with Gasteiger partial charge in [-0.1, -0.05) is 0 Å². The highest BCUT2D eigenvalue weighted by Gasteiger charge is 2.23. The number of aryl methyl sites for hydroxylation is 2. The zero-order valence-electron chi connectivity index (χ0n) is 14.5. The molecule has 0 aliphatic carbocycles. The SMILES string of the molecule is COCCN(Cc1c(C)nn(C)c1C)C(=O)[C@@H](C)n1ccnc1. The van der Waals surface area contributed by atoms with Gasteiger partial charge in [-0.3, -0.25) is 9.48 Å². The zero-order chi connectivity index (χ0) is 17.0. The van der Waals surface area contributed by atoms with E-state index in [1.807, 2.05) is 42.0 Å². The Balaban J connectivity index is 2.20. The largest absolute Gasteiger partial charge is 0.383 e. The second-order valence-electron chi connectivity index (χ2n) is 5.71. The number of ether oxygens (including phenoxy) is 1. The van der Waals surface area contributed by atoms with Crippen LogP contribution in [0, 0.1) is 13.8 Å². The summed E-state index contributed by atoms with van der Waals surface area (Å²) in [5.74, 6) is 0.0442. The van der Waals surface area contributed by atoms with E-state index in [1.54, 1.807) is 25.8 Å². The van der Waals surface area contributed by atoms with E-state index in [-0.39, 0.29) is 11.9 Å². The maximum Gasteiger partial charge on any atom is 0.245 e. The smallest absolute Gasteiger partial charge is 0.245 e. The molecular formula is C16H25N5O2. The molecule has 0 aromatic carbocycles. The molecule has 2 rings (SSSR count).